The SMILES string of the molecule is NC(=S)c1ccc(C(=O)Nc2cc(Cl)c(F)c(Cl)c2)nc1. The Hall–Kier alpha value is -1.76. The lowest BCUT2D eigenvalue weighted by Crippen LogP contribution is -2.15. The molecule has 0 radical (unpaired) electrons. The number of nitrogens with two attached hydrogens (primary N) is 1. The highest BCUT2D eigenvalue weighted by molar-refractivity contribution is 7.80. The minimum absolute atomic E-state index is 0.145. The summed E-state index contributed by atoms with van der Waals surface area (Å²) in [5.74, 6) is -1.24. The summed E-state index contributed by atoms with van der Waals surface area (Å²) < 4.78 is 13.3. The highest BCUT2D eigenvalue weighted by Crippen LogP contribution is 2.27. The number of hydrogen-bond donors (Lipinski definition) is 2. The summed E-state index contributed by atoms with van der Waals surface area (Å²) in [6.45, 7) is 0. The Balaban J connectivity index is 2.20. The zero-order chi connectivity index (χ0) is 15.6. The van der Waals surface area contributed by atoms with Gasteiger partial charge in [0.05, 0.1) is 10.0 Å². The monoisotopic (exact) mass is 343 g/mol. The van der Waals surface area contributed by atoms with Crippen molar-refractivity contribution in [2.24, 2.45) is 5.73 Å². The molecule has 0 bridgehead atoms. The van der Waals surface area contributed by atoms with Crippen molar-refractivity contribution in [3.63, 3.8) is 0 Å². The highest BCUT2D eigenvalue weighted by atomic mass is 35.5. The van der Waals surface area contributed by atoms with Crippen molar-refractivity contribution in [1.29, 1.82) is 0 Å². The Morgan fingerprint density at radius 2 is 1.90 bits per heavy atom. The minimum Gasteiger partial charge on any atom is -0.389 e. The van der Waals surface area contributed by atoms with Crippen molar-refractivity contribution < 1.29 is 9.18 Å². The molecule has 0 spiro atoms. The van der Waals surface area contributed by atoms with Crippen LogP contribution in [0.15, 0.2) is 30.5 Å². The van der Waals surface area contributed by atoms with E-state index >= 15 is 0 Å². The first kappa shape index (κ1) is 15.6. The second-order valence-corrected chi connectivity index (χ2v) is 5.26. The van der Waals surface area contributed by atoms with Crippen molar-refractivity contribution in [1.82, 2.24) is 4.98 Å². The van der Waals surface area contributed by atoms with Gasteiger partial charge in [0.2, 0.25) is 0 Å². The Kier molecular flexibility index (Phi) is 4.72. The molecular formula is C13H8Cl2FN3OS. The number of carbonyl (C=O) groups excluding carboxylic acids is 1. The van der Waals surface area contributed by atoms with Gasteiger partial charge in [0.1, 0.15) is 10.7 Å². The summed E-state index contributed by atoms with van der Waals surface area (Å²) in [6, 6.07) is 5.56. The number of anilines is 1. The van der Waals surface area contributed by atoms with Crippen LogP contribution < -0.4 is 11.1 Å². The maximum absolute atomic E-state index is 13.3. The standard InChI is InChI=1S/C13H8Cl2FN3OS/c14-8-3-7(4-9(15)11(8)16)19-13(20)10-2-1-6(5-18-10)12(17)21/h1-5H,(H2,17,21)(H,19,20). The molecule has 8 heteroatoms. The van der Waals surface area contributed by atoms with E-state index in [0.717, 1.165) is 0 Å². The first-order valence-electron chi connectivity index (χ1n) is 5.60. The normalized spacial score (nSPS) is 10.2. The van der Waals surface area contributed by atoms with Crippen LogP contribution >= 0.6 is 35.4 Å². The van der Waals surface area contributed by atoms with Crippen LogP contribution in [0.4, 0.5) is 10.1 Å². The minimum atomic E-state index is -0.740. The lowest BCUT2D eigenvalue weighted by molar-refractivity contribution is 0.102. The summed E-state index contributed by atoms with van der Waals surface area (Å²) in [7, 11) is 0. The van der Waals surface area contributed by atoms with E-state index in [0.29, 0.717) is 5.56 Å². The number of nitrogens with zero attached hydrogens (tertiary/aromatic N) is 1. The molecule has 1 heterocycles. The Labute approximate surface area is 135 Å². The summed E-state index contributed by atoms with van der Waals surface area (Å²) >= 11 is 16.1. The van der Waals surface area contributed by atoms with Gasteiger partial charge in [-0.3, -0.25) is 9.78 Å². The molecule has 0 saturated carbocycles. The van der Waals surface area contributed by atoms with Gasteiger partial charge in [-0.1, -0.05) is 35.4 Å². The second kappa shape index (κ2) is 6.34. The van der Waals surface area contributed by atoms with Crippen LogP contribution in [0.25, 0.3) is 0 Å². The fourth-order valence-electron chi connectivity index (χ4n) is 1.50. The maximum atomic E-state index is 13.3. The number of amides is 1. The Bertz CT molecular complexity index is 699. The van der Waals surface area contributed by atoms with Gasteiger partial charge < -0.3 is 11.1 Å². The van der Waals surface area contributed by atoms with E-state index in [2.05, 4.69) is 10.3 Å². The predicted octanol–water partition coefficient (Wildman–Crippen LogP) is 3.41. The van der Waals surface area contributed by atoms with Crippen LogP contribution in [-0.4, -0.2) is 15.9 Å². The van der Waals surface area contributed by atoms with Crippen LogP contribution in [0.2, 0.25) is 10.0 Å². The third-order valence-corrected chi connectivity index (χ3v) is 3.31. The van der Waals surface area contributed by atoms with Crippen LogP contribution in [0.1, 0.15) is 16.1 Å². The topological polar surface area (TPSA) is 68.0 Å². The average Bonchev–Trinajstić information content (AvgIpc) is 2.44. The van der Waals surface area contributed by atoms with Crippen LogP contribution in [-0.2, 0) is 0 Å². The lowest BCUT2D eigenvalue weighted by Gasteiger charge is -2.07. The number of halogens is 3. The van der Waals surface area contributed by atoms with E-state index in [-0.39, 0.29) is 26.4 Å². The molecule has 108 valence electrons. The number of hydrogen-bond acceptors (Lipinski definition) is 3. The van der Waals surface area contributed by atoms with Crippen LogP contribution in [0, 0.1) is 5.82 Å². The van der Waals surface area contributed by atoms with Crippen molar-refractivity contribution in [3.05, 3.63) is 57.6 Å². The van der Waals surface area contributed by atoms with E-state index in [1.165, 1.54) is 24.4 Å². The highest BCUT2D eigenvalue weighted by Gasteiger charge is 2.12. The molecule has 2 aromatic rings. The lowest BCUT2D eigenvalue weighted by atomic mass is 10.2. The molecule has 0 aliphatic carbocycles. The third kappa shape index (κ3) is 3.66. The van der Waals surface area contributed by atoms with E-state index in [1.807, 2.05) is 0 Å². The molecular weight excluding hydrogens is 336 g/mol. The predicted molar refractivity (Wildman–Crippen MR) is 84.5 cm³/mol. The largest absolute Gasteiger partial charge is 0.389 e. The number of thiocarbonyl (C=S) groups is 1. The first-order chi connectivity index (χ1) is 9.88. The van der Waals surface area contributed by atoms with Gasteiger partial charge in [0.25, 0.3) is 5.91 Å². The average molecular weight is 344 g/mol. The number of aromatic nitrogens is 1. The molecule has 3 N–H and O–H groups in total. The molecule has 2 rings (SSSR count). The Morgan fingerprint density at radius 3 is 2.38 bits per heavy atom. The van der Waals surface area contributed by atoms with Crippen molar-refractivity contribution in [3.8, 4) is 0 Å². The summed E-state index contributed by atoms with van der Waals surface area (Å²) in [5, 5.41) is 2.14. The van der Waals surface area contributed by atoms with E-state index in [1.54, 1.807) is 6.07 Å². The molecule has 0 fully saturated rings. The maximum Gasteiger partial charge on any atom is 0.274 e. The van der Waals surface area contributed by atoms with Gasteiger partial charge in [-0.15, -0.1) is 0 Å². The van der Waals surface area contributed by atoms with Gasteiger partial charge >= 0.3 is 0 Å². The molecule has 1 aromatic carbocycles. The number of carbonyl (C=O) groups is 1. The number of nitrogens with one attached hydrogen (secondary N) is 1. The molecule has 1 amide bonds. The quantitative estimate of drug-likeness (QED) is 0.661. The van der Waals surface area contributed by atoms with Gasteiger partial charge in [0, 0.05) is 17.4 Å². The van der Waals surface area contributed by atoms with Crippen molar-refractivity contribution in [2.45, 2.75) is 0 Å². The molecule has 0 aliphatic heterocycles. The Morgan fingerprint density at radius 1 is 1.29 bits per heavy atom. The first-order valence-corrected chi connectivity index (χ1v) is 6.76. The van der Waals surface area contributed by atoms with Gasteiger partial charge in [0.15, 0.2) is 5.82 Å². The molecule has 1 aromatic heterocycles. The summed E-state index contributed by atoms with van der Waals surface area (Å²) in [6.07, 6.45) is 1.39. The summed E-state index contributed by atoms with van der Waals surface area (Å²) in [5.41, 5.74) is 6.39. The van der Waals surface area contributed by atoms with E-state index < -0.39 is 11.7 Å². The van der Waals surface area contributed by atoms with E-state index in [4.69, 9.17) is 41.2 Å². The molecule has 0 atom stereocenters. The zero-order valence-electron chi connectivity index (χ0n) is 10.4. The van der Waals surface area contributed by atoms with Crippen LogP contribution in [0.5, 0.6) is 0 Å². The molecule has 0 unspecified atom stereocenters. The molecule has 21 heavy (non-hydrogen) atoms. The third-order valence-electron chi connectivity index (χ3n) is 2.52. The van der Waals surface area contributed by atoms with Crippen molar-refractivity contribution in [2.75, 3.05) is 5.32 Å². The van der Waals surface area contributed by atoms with Gasteiger partial charge in [-0.25, -0.2) is 4.39 Å². The number of pyridine rings is 1. The zero-order valence-corrected chi connectivity index (χ0v) is 12.7. The number of benzene rings is 1. The van der Waals surface area contributed by atoms with Gasteiger partial charge in [-0.2, -0.15) is 0 Å². The van der Waals surface area contributed by atoms with Crippen LogP contribution in [0.3, 0.4) is 0 Å². The summed E-state index contributed by atoms with van der Waals surface area (Å²) in [4.78, 5) is 16.1. The number of rotatable bonds is 3. The fourth-order valence-corrected chi connectivity index (χ4v) is 2.10. The second-order valence-electron chi connectivity index (χ2n) is 4.00. The molecule has 4 nitrogen and oxygen atoms in total. The molecule has 0 saturated heterocycles. The van der Waals surface area contributed by atoms with Crippen molar-refractivity contribution >= 4 is 52.0 Å². The fraction of sp³-hybridized carbons (Fsp3) is 0. The van der Waals surface area contributed by atoms with E-state index in [9.17, 15) is 9.18 Å². The molecule has 0 aliphatic rings. The smallest absolute Gasteiger partial charge is 0.274 e. The van der Waals surface area contributed by atoms with Gasteiger partial charge in [-0.05, 0) is 24.3 Å².